The van der Waals surface area contributed by atoms with Gasteiger partial charge < -0.3 is 0 Å². The molecule has 1 fully saturated rings. The van der Waals surface area contributed by atoms with Crippen LogP contribution in [0.15, 0.2) is 42.5 Å². The van der Waals surface area contributed by atoms with Crippen molar-refractivity contribution in [3.05, 3.63) is 48.0 Å². The number of benzene rings is 2. The number of aryl methyl sites for hydroxylation is 1. The van der Waals surface area contributed by atoms with Gasteiger partial charge in [-0.2, -0.15) is 0 Å². The molecule has 1 aliphatic carbocycles. The second kappa shape index (κ2) is 5.32. The average molecular weight is 259 g/mol. The predicted molar refractivity (Wildman–Crippen MR) is 79.3 cm³/mol. The van der Waals surface area contributed by atoms with Gasteiger partial charge in [-0.3, -0.25) is 0 Å². The van der Waals surface area contributed by atoms with E-state index in [0.717, 1.165) is 18.8 Å². The summed E-state index contributed by atoms with van der Waals surface area (Å²) in [5, 5.41) is 3.16. The molecule has 0 radical (unpaired) electrons. The average Bonchev–Trinajstić information content (AvgIpc) is 3.23. The number of hydrogen-bond acceptors (Lipinski definition) is 0. The number of halogens is 1. The third-order valence-corrected chi connectivity index (χ3v) is 4.51. The highest BCUT2D eigenvalue weighted by molar-refractivity contribution is 6.20. The van der Waals surface area contributed by atoms with Crippen molar-refractivity contribution in [2.75, 3.05) is 0 Å². The van der Waals surface area contributed by atoms with Gasteiger partial charge in [-0.05, 0) is 54.4 Å². The third kappa shape index (κ3) is 2.70. The van der Waals surface area contributed by atoms with Crippen LogP contribution in [0.4, 0.5) is 0 Å². The molecule has 0 aliphatic heterocycles. The van der Waals surface area contributed by atoms with Crippen LogP contribution in [0.1, 0.15) is 31.2 Å². The van der Waals surface area contributed by atoms with E-state index in [0.29, 0.717) is 5.38 Å². The quantitative estimate of drug-likeness (QED) is 0.648. The SMILES string of the molecule is ClC(CCCc1cccc2ccccc12)C1CC1. The van der Waals surface area contributed by atoms with Crippen molar-refractivity contribution in [1.29, 1.82) is 0 Å². The largest absolute Gasteiger partial charge is 0.123 e. The fourth-order valence-corrected chi connectivity index (χ4v) is 3.10. The Morgan fingerprint density at radius 1 is 1.06 bits per heavy atom. The molecule has 1 saturated carbocycles. The van der Waals surface area contributed by atoms with Crippen molar-refractivity contribution in [3.63, 3.8) is 0 Å². The minimum absolute atomic E-state index is 0.417. The van der Waals surface area contributed by atoms with Gasteiger partial charge in [0.25, 0.3) is 0 Å². The fourth-order valence-electron chi connectivity index (χ4n) is 2.69. The molecule has 0 saturated heterocycles. The van der Waals surface area contributed by atoms with Gasteiger partial charge in [0.15, 0.2) is 0 Å². The van der Waals surface area contributed by atoms with Crippen LogP contribution in [0.3, 0.4) is 0 Å². The van der Waals surface area contributed by atoms with E-state index in [1.54, 1.807) is 0 Å². The summed E-state index contributed by atoms with van der Waals surface area (Å²) in [5.41, 5.74) is 1.47. The zero-order chi connectivity index (χ0) is 12.4. The molecule has 94 valence electrons. The molecular weight excluding hydrogens is 240 g/mol. The Morgan fingerprint density at radius 3 is 2.67 bits per heavy atom. The maximum absolute atomic E-state index is 6.36. The maximum atomic E-state index is 6.36. The molecule has 1 unspecified atom stereocenters. The lowest BCUT2D eigenvalue weighted by Gasteiger charge is -2.09. The fraction of sp³-hybridized carbons (Fsp3) is 0.412. The van der Waals surface area contributed by atoms with Crippen molar-refractivity contribution < 1.29 is 0 Å². The molecule has 18 heavy (non-hydrogen) atoms. The van der Waals surface area contributed by atoms with Crippen LogP contribution in [-0.2, 0) is 6.42 Å². The van der Waals surface area contributed by atoms with Crippen LogP contribution in [0.2, 0.25) is 0 Å². The van der Waals surface area contributed by atoms with Crippen molar-refractivity contribution in [3.8, 4) is 0 Å². The smallest absolute Gasteiger partial charge is 0.0364 e. The Bertz CT molecular complexity index is 523. The van der Waals surface area contributed by atoms with Crippen LogP contribution in [0.25, 0.3) is 10.8 Å². The van der Waals surface area contributed by atoms with E-state index in [1.165, 1.54) is 35.6 Å². The Labute approximate surface area is 114 Å². The lowest BCUT2D eigenvalue weighted by atomic mass is 9.99. The molecule has 0 bridgehead atoms. The summed E-state index contributed by atoms with van der Waals surface area (Å²) in [5.74, 6) is 0.819. The molecule has 1 atom stereocenters. The van der Waals surface area contributed by atoms with Crippen molar-refractivity contribution in [2.24, 2.45) is 5.92 Å². The minimum atomic E-state index is 0.417. The van der Waals surface area contributed by atoms with E-state index in [-0.39, 0.29) is 0 Å². The molecule has 1 aliphatic rings. The summed E-state index contributed by atoms with van der Waals surface area (Å²) in [6.45, 7) is 0. The molecule has 3 rings (SSSR count). The van der Waals surface area contributed by atoms with Gasteiger partial charge in [-0.25, -0.2) is 0 Å². The van der Waals surface area contributed by atoms with E-state index in [2.05, 4.69) is 42.5 Å². The van der Waals surface area contributed by atoms with Crippen LogP contribution < -0.4 is 0 Å². The van der Waals surface area contributed by atoms with E-state index < -0.39 is 0 Å². The van der Waals surface area contributed by atoms with Gasteiger partial charge in [0.2, 0.25) is 0 Å². The zero-order valence-corrected chi connectivity index (χ0v) is 11.4. The third-order valence-electron chi connectivity index (χ3n) is 3.94. The Hall–Kier alpha value is -1.01. The van der Waals surface area contributed by atoms with Crippen molar-refractivity contribution >= 4 is 22.4 Å². The van der Waals surface area contributed by atoms with Gasteiger partial charge in [0, 0.05) is 5.38 Å². The Morgan fingerprint density at radius 2 is 1.83 bits per heavy atom. The van der Waals surface area contributed by atoms with Crippen LogP contribution in [0, 0.1) is 5.92 Å². The van der Waals surface area contributed by atoms with Gasteiger partial charge in [0.05, 0.1) is 0 Å². The second-order valence-electron chi connectivity index (χ2n) is 5.38. The minimum Gasteiger partial charge on any atom is -0.123 e. The normalized spacial score (nSPS) is 16.9. The molecular formula is C17H19Cl. The number of alkyl halides is 1. The summed E-state index contributed by atoms with van der Waals surface area (Å²) in [6.07, 6.45) is 6.22. The molecule has 2 aromatic carbocycles. The lowest BCUT2D eigenvalue weighted by Crippen LogP contribution is -2.01. The molecule has 0 N–H and O–H groups in total. The molecule has 2 aromatic rings. The maximum Gasteiger partial charge on any atom is 0.0364 e. The standard InChI is InChI=1S/C17H19Cl/c18-17(15-11-12-15)10-4-8-14-7-3-6-13-5-1-2-9-16(13)14/h1-3,5-7,9,15,17H,4,8,10-12H2. The zero-order valence-electron chi connectivity index (χ0n) is 10.6. The van der Waals surface area contributed by atoms with Gasteiger partial charge in [-0.1, -0.05) is 42.5 Å². The van der Waals surface area contributed by atoms with Crippen molar-refractivity contribution in [1.82, 2.24) is 0 Å². The van der Waals surface area contributed by atoms with Crippen LogP contribution >= 0.6 is 11.6 Å². The highest BCUT2D eigenvalue weighted by Crippen LogP contribution is 2.37. The first-order valence-corrected chi connectivity index (χ1v) is 7.39. The first-order chi connectivity index (χ1) is 8.84. The first-order valence-electron chi connectivity index (χ1n) is 6.95. The van der Waals surface area contributed by atoms with Gasteiger partial charge >= 0.3 is 0 Å². The Kier molecular flexibility index (Phi) is 3.56. The highest BCUT2D eigenvalue weighted by Gasteiger charge is 2.28. The molecule has 0 heterocycles. The lowest BCUT2D eigenvalue weighted by molar-refractivity contribution is 0.638. The van der Waals surface area contributed by atoms with Gasteiger partial charge in [-0.15, -0.1) is 11.6 Å². The summed E-state index contributed by atoms with van der Waals surface area (Å²) < 4.78 is 0. The number of hydrogen-bond donors (Lipinski definition) is 0. The molecule has 0 spiro atoms. The second-order valence-corrected chi connectivity index (χ2v) is 5.94. The van der Waals surface area contributed by atoms with Gasteiger partial charge in [0.1, 0.15) is 0 Å². The highest BCUT2D eigenvalue weighted by atomic mass is 35.5. The monoisotopic (exact) mass is 258 g/mol. The first kappa shape index (κ1) is 12.0. The molecule has 1 heteroatoms. The predicted octanol–water partition coefficient (Wildman–Crippen LogP) is 5.18. The summed E-state index contributed by atoms with van der Waals surface area (Å²) in [7, 11) is 0. The van der Waals surface area contributed by atoms with E-state index >= 15 is 0 Å². The van der Waals surface area contributed by atoms with E-state index in [1.807, 2.05) is 0 Å². The molecule has 0 amide bonds. The van der Waals surface area contributed by atoms with Crippen LogP contribution in [0.5, 0.6) is 0 Å². The summed E-state index contributed by atoms with van der Waals surface area (Å²) in [4.78, 5) is 0. The molecule has 0 nitrogen and oxygen atoms in total. The van der Waals surface area contributed by atoms with E-state index in [4.69, 9.17) is 11.6 Å². The summed E-state index contributed by atoms with van der Waals surface area (Å²) in [6, 6.07) is 15.2. The summed E-state index contributed by atoms with van der Waals surface area (Å²) >= 11 is 6.36. The van der Waals surface area contributed by atoms with Crippen LogP contribution in [-0.4, -0.2) is 5.38 Å². The topological polar surface area (TPSA) is 0 Å². The van der Waals surface area contributed by atoms with Crippen molar-refractivity contribution in [2.45, 2.75) is 37.5 Å². The van der Waals surface area contributed by atoms with E-state index in [9.17, 15) is 0 Å². The Balaban J connectivity index is 1.66. The number of rotatable bonds is 5. The number of fused-ring (bicyclic) bond motifs is 1. The molecule has 0 aromatic heterocycles.